The molecular weight excluding hydrogens is 418 g/mol. The minimum absolute atomic E-state index is 0.0327. The van der Waals surface area contributed by atoms with E-state index in [9.17, 15) is 14.4 Å². The van der Waals surface area contributed by atoms with Crippen molar-refractivity contribution < 1.29 is 23.9 Å². The van der Waals surface area contributed by atoms with Crippen LogP contribution in [0.15, 0.2) is 78.9 Å². The molecule has 170 valence electrons. The molecule has 0 saturated carbocycles. The lowest BCUT2D eigenvalue weighted by molar-refractivity contribution is -0.131. The second-order valence-electron chi connectivity index (χ2n) is 7.77. The summed E-state index contributed by atoms with van der Waals surface area (Å²) >= 11 is 0. The Morgan fingerprint density at radius 3 is 2.30 bits per heavy atom. The minimum atomic E-state index is -0.569. The number of aryl methyl sites for hydroxylation is 1. The highest BCUT2D eigenvalue weighted by molar-refractivity contribution is 5.92. The van der Waals surface area contributed by atoms with E-state index in [2.05, 4.69) is 17.4 Å². The van der Waals surface area contributed by atoms with E-state index in [1.807, 2.05) is 31.2 Å². The van der Waals surface area contributed by atoms with Crippen LogP contribution in [-0.2, 0) is 20.7 Å². The molecule has 0 bridgehead atoms. The first kappa shape index (κ1) is 23.7. The van der Waals surface area contributed by atoms with Crippen LogP contribution in [0.25, 0.3) is 11.1 Å². The summed E-state index contributed by atoms with van der Waals surface area (Å²) in [5.41, 5.74) is 3.22. The molecule has 0 aliphatic rings. The van der Waals surface area contributed by atoms with Crippen LogP contribution in [0.2, 0.25) is 0 Å². The van der Waals surface area contributed by atoms with Crippen molar-refractivity contribution >= 4 is 17.8 Å². The molecule has 0 aliphatic heterocycles. The fraction of sp³-hybridized carbons (Fsp3) is 0.222. The highest BCUT2D eigenvalue weighted by Crippen LogP contribution is 2.23. The maximum Gasteiger partial charge on any atom is 0.338 e. The van der Waals surface area contributed by atoms with Gasteiger partial charge in [-0.3, -0.25) is 9.59 Å². The van der Waals surface area contributed by atoms with Crippen molar-refractivity contribution in [1.82, 2.24) is 5.32 Å². The van der Waals surface area contributed by atoms with E-state index in [-0.39, 0.29) is 24.5 Å². The molecule has 3 aromatic rings. The van der Waals surface area contributed by atoms with E-state index >= 15 is 0 Å². The summed E-state index contributed by atoms with van der Waals surface area (Å²) in [5, 5.41) is 2.86. The van der Waals surface area contributed by atoms with Gasteiger partial charge in [0.25, 0.3) is 5.91 Å². The molecule has 3 rings (SSSR count). The lowest BCUT2D eigenvalue weighted by Gasteiger charge is -2.14. The molecule has 3 aromatic carbocycles. The molecule has 6 nitrogen and oxygen atoms in total. The van der Waals surface area contributed by atoms with Gasteiger partial charge in [-0.05, 0) is 60.7 Å². The quantitative estimate of drug-likeness (QED) is 0.385. The SMILES string of the molecule is CC(=O)Oc1ccc(-c2cccc(C(=O)OCC(=O)N[C@H](C)CCc3ccccc3)c2)cc1. The maximum absolute atomic E-state index is 12.4. The van der Waals surface area contributed by atoms with Crippen molar-refractivity contribution in [2.24, 2.45) is 0 Å². The monoisotopic (exact) mass is 445 g/mol. The first-order chi connectivity index (χ1) is 15.9. The lowest BCUT2D eigenvalue weighted by atomic mass is 10.0. The topological polar surface area (TPSA) is 81.7 Å². The van der Waals surface area contributed by atoms with Gasteiger partial charge in [0, 0.05) is 13.0 Å². The van der Waals surface area contributed by atoms with Crippen LogP contribution in [-0.4, -0.2) is 30.5 Å². The molecule has 1 atom stereocenters. The van der Waals surface area contributed by atoms with Crippen molar-refractivity contribution in [3.63, 3.8) is 0 Å². The van der Waals surface area contributed by atoms with Crippen LogP contribution in [0.1, 0.15) is 36.2 Å². The van der Waals surface area contributed by atoms with Gasteiger partial charge in [-0.15, -0.1) is 0 Å². The third kappa shape index (κ3) is 7.61. The number of hydrogen-bond donors (Lipinski definition) is 1. The number of hydrogen-bond acceptors (Lipinski definition) is 5. The van der Waals surface area contributed by atoms with Gasteiger partial charge in [0.05, 0.1) is 5.56 Å². The van der Waals surface area contributed by atoms with Gasteiger partial charge in [0.15, 0.2) is 6.61 Å². The number of benzene rings is 3. The molecule has 1 amide bonds. The summed E-state index contributed by atoms with van der Waals surface area (Å²) in [7, 11) is 0. The van der Waals surface area contributed by atoms with Gasteiger partial charge >= 0.3 is 11.9 Å². The molecule has 0 radical (unpaired) electrons. The largest absolute Gasteiger partial charge is 0.452 e. The fourth-order valence-electron chi connectivity index (χ4n) is 3.34. The van der Waals surface area contributed by atoms with E-state index in [0.29, 0.717) is 11.3 Å². The van der Waals surface area contributed by atoms with Crippen molar-refractivity contribution in [3.05, 3.63) is 90.0 Å². The van der Waals surface area contributed by atoms with Gasteiger partial charge in [-0.1, -0.05) is 54.6 Å². The first-order valence-corrected chi connectivity index (χ1v) is 10.8. The van der Waals surface area contributed by atoms with E-state index in [4.69, 9.17) is 9.47 Å². The maximum atomic E-state index is 12.4. The zero-order valence-electron chi connectivity index (χ0n) is 18.7. The second kappa shape index (κ2) is 11.6. The van der Waals surface area contributed by atoms with Crippen molar-refractivity contribution in [2.45, 2.75) is 32.7 Å². The summed E-state index contributed by atoms with van der Waals surface area (Å²) in [6.07, 6.45) is 1.65. The third-order valence-corrected chi connectivity index (χ3v) is 5.00. The second-order valence-corrected chi connectivity index (χ2v) is 7.77. The van der Waals surface area contributed by atoms with E-state index in [0.717, 1.165) is 24.0 Å². The normalized spacial score (nSPS) is 11.3. The molecule has 0 spiro atoms. The summed E-state index contributed by atoms with van der Waals surface area (Å²) in [6, 6.07) is 23.9. The van der Waals surface area contributed by atoms with Crippen LogP contribution in [0.5, 0.6) is 5.75 Å². The van der Waals surface area contributed by atoms with E-state index in [1.165, 1.54) is 12.5 Å². The minimum Gasteiger partial charge on any atom is -0.452 e. The molecule has 0 heterocycles. The predicted octanol–water partition coefficient (Wildman–Crippen LogP) is 4.57. The Kier molecular flexibility index (Phi) is 8.36. The van der Waals surface area contributed by atoms with Crippen molar-refractivity contribution in [3.8, 4) is 16.9 Å². The van der Waals surface area contributed by atoms with Gasteiger partial charge in [-0.2, -0.15) is 0 Å². The molecule has 0 unspecified atom stereocenters. The molecule has 0 fully saturated rings. The Balaban J connectivity index is 1.50. The Morgan fingerprint density at radius 1 is 0.879 bits per heavy atom. The Hall–Kier alpha value is -3.93. The van der Waals surface area contributed by atoms with Crippen LogP contribution in [0.4, 0.5) is 0 Å². The standard InChI is InChI=1S/C27H27NO5/c1-19(11-12-21-7-4-3-5-8-21)28-26(30)18-32-27(31)24-10-6-9-23(17-24)22-13-15-25(16-14-22)33-20(2)29/h3-10,13-17,19H,11-12,18H2,1-2H3,(H,28,30)/t19-/m1/s1. The summed E-state index contributed by atoms with van der Waals surface area (Å²) in [6.45, 7) is 2.93. The lowest BCUT2D eigenvalue weighted by Crippen LogP contribution is -2.36. The van der Waals surface area contributed by atoms with Crippen molar-refractivity contribution in [1.29, 1.82) is 0 Å². The van der Waals surface area contributed by atoms with Crippen LogP contribution < -0.4 is 10.1 Å². The number of nitrogens with one attached hydrogen (secondary N) is 1. The Morgan fingerprint density at radius 2 is 1.61 bits per heavy atom. The Bertz CT molecular complexity index is 1090. The highest BCUT2D eigenvalue weighted by atomic mass is 16.5. The number of rotatable bonds is 9. The van der Waals surface area contributed by atoms with Crippen LogP contribution in [0.3, 0.4) is 0 Å². The molecule has 0 aliphatic carbocycles. The highest BCUT2D eigenvalue weighted by Gasteiger charge is 2.13. The van der Waals surface area contributed by atoms with Crippen molar-refractivity contribution in [2.75, 3.05) is 6.61 Å². The van der Waals surface area contributed by atoms with Crippen LogP contribution in [0, 0.1) is 0 Å². The van der Waals surface area contributed by atoms with Crippen LogP contribution >= 0.6 is 0 Å². The third-order valence-electron chi connectivity index (χ3n) is 5.00. The molecule has 6 heteroatoms. The number of ether oxygens (including phenoxy) is 2. The number of esters is 2. The molecule has 33 heavy (non-hydrogen) atoms. The Labute approximate surface area is 193 Å². The molecule has 0 saturated heterocycles. The zero-order chi connectivity index (χ0) is 23.6. The first-order valence-electron chi connectivity index (χ1n) is 10.8. The molecule has 1 N–H and O–H groups in total. The number of amides is 1. The van der Waals surface area contributed by atoms with E-state index in [1.54, 1.807) is 42.5 Å². The number of carbonyl (C=O) groups excluding carboxylic acids is 3. The average Bonchev–Trinajstić information content (AvgIpc) is 2.82. The zero-order valence-corrected chi connectivity index (χ0v) is 18.7. The van der Waals surface area contributed by atoms with Gasteiger partial charge < -0.3 is 14.8 Å². The van der Waals surface area contributed by atoms with Gasteiger partial charge in [0.2, 0.25) is 0 Å². The molecule has 0 aromatic heterocycles. The fourth-order valence-corrected chi connectivity index (χ4v) is 3.34. The average molecular weight is 446 g/mol. The van der Waals surface area contributed by atoms with E-state index < -0.39 is 5.97 Å². The van der Waals surface area contributed by atoms with Gasteiger partial charge in [0.1, 0.15) is 5.75 Å². The molecular formula is C27H27NO5. The summed E-state index contributed by atoms with van der Waals surface area (Å²) in [5.74, 6) is -0.838. The number of carbonyl (C=O) groups is 3. The predicted molar refractivity (Wildman–Crippen MR) is 126 cm³/mol. The smallest absolute Gasteiger partial charge is 0.338 e. The summed E-state index contributed by atoms with van der Waals surface area (Å²) < 4.78 is 10.2. The van der Waals surface area contributed by atoms with Gasteiger partial charge in [-0.25, -0.2) is 4.79 Å². The summed E-state index contributed by atoms with van der Waals surface area (Å²) in [4.78, 5) is 35.7.